The lowest BCUT2D eigenvalue weighted by Gasteiger charge is -2.39. The van der Waals surface area contributed by atoms with Gasteiger partial charge in [0.25, 0.3) is 0 Å². The number of ether oxygens (including phenoxy) is 2. The minimum atomic E-state index is 0.0376. The molecule has 3 rings (SSSR count). The SMILES string of the molecule is CC1(C2OCC3CC3O2)CCCCC(N)CCC1. The number of rotatable bonds is 1. The largest absolute Gasteiger partial charge is 0.352 e. The van der Waals surface area contributed by atoms with Gasteiger partial charge in [-0.2, -0.15) is 0 Å². The summed E-state index contributed by atoms with van der Waals surface area (Å²) < 4.78 is 12.1. The second kappa shape index (κ2) is 5.10. The van der Waals surface area contributed by atoms with Crippen LogP contribution in [-0.4, -0.2) is 25.0 Å². The molecule has 5 atom stereocenters. The molecular formula is C15H27NO2. The topological polar surface area (TPSA) is 44.5 Å². The van der Waals surface area contributed by atoms with E-state index in [0.717, 1.165) is 13.0 Å². The molecule has 0 radical (unpaired) electrons. The van der Waals surface area contributed by atoms with Crippen LogP contribution in [0.4, 0.5) is 0 Å². The first-order valence-corrected chi connectivity index (χ1v) is 7.70. The van der Waals surface area contributed by atoms with Gasteiger partial charge >= 0.3 is 0 Å². The number of nitrogens with two attached hydrogens (primary N) is 1. The molecule has 2 saturated carbocycles. The van der Waals surface area contributed by atoms with E-state index in [2.05, 4.69) is 6.92 Å². The lowest BCUT2D eigenvalue weighted by atomic mass is 9.79. The van der Waals surface area contributed by atoms with Crippen molar-refractivity contribution in [1.29, 1.82) is 0 Å². The average molecular weight is 253 g/mol. The summed E-state index contributed by atoms with van der Waals surface area (Å²) in [4.78, 5) is 0. The van der Waals surface area contributed by atoms with E-state index in [1.54, 1.807) is 0 Å². The molecule has 0 amide bonds. The van der Waals surface area contributed by atoms with Crippen molar-refractivity contribution in [2.75, 3.05) is 6.61 Å². The van der Waals surface area contributed by atoms with Crippen molar-refractivity contribution in [2.45, 2.75) is 76.7 Å². The predicted molar refractivity (Wildman–Crippen MR) is 71.1 cm³/mol. The molecule has 2 aliphatic carbocycles. The third-order valence-corrected chi connectivity index (χ3v) is 5.08. The molecule has 104 valence electrons. The van der Waals surface area contributed by atoms with Crippen molar-refractivity contribution in [3.8, 4) is 0 Å². The Kier molecular flexibility index (Phi) is 3.65. The fourth-order valence-corrected chi connectivity index (χ4v) is 3.54. The lowest BCUT2D eigenvalue weighted by molar-refractivity contribution is -0.241. The highest BCUT2D eigenvalue weighted by Gasteiger charge is 2.49. The molecule has 1 saturated heterocycles. The summed E-state index contributed by atoms with van der Waals surface area (Å²) in [5.74, 6) is 0.703. The zero-order chi connectivity index (χ0) is 12.6. The van der Waals surface area contributed by atoms with Gasteiger partial charge in [0.1, 0.15) is 0 Å². The van der Waals surface area contributed by atoms with Crippen LogP contribution in [0.2, 0.25) is 0 Å². The zero-order valence-electron chi connectivity index (χ0n) is 11.6. The quantitative estimate of drug-likeness (QED) is 0.781. The second-order valence-corrected chi connectivity index (χ2v) is 6.89. The minimum absolute atomic E-state index is 0.0376. The van der Waals surface area contributed by atoms with Crippen LogP contribution in [-0.2, 0) is 9.47 Å². The third-order valence-electron chi connectivity index (χ3n) is 5.08. The molecule has 3 aliphatic rings. The summed E-state index contributed by atoms with van der Waals surface area (Å²) >= 11 is 0. The first-order valence-electron chi connectivity index (χ1n) is 7.70. The Hall–Kier alpha value is -0.120. The molecule has 18 heavy (non-hydrogen) atoms. The lowest BCUT2D eigenvalue weighted by Crippen LogP contribution is -2.40. The molecule has 3 heteroatoms. The fraction of sp³-hybridized carbons (Fsp3) is 1.00. The van der Waals surface area contributed by atoms with E-state index in [1.807, 2.05) is 0 Å². The van der Waals surface area contributed by atoms with Crippen LogP contribution in [0, 0.1) is 11.3 Å². The Morgan fingerprint density at radius 1 is 1.11 bits per heavy atom. The van der Waals surface area contributed by atoms with Crippen LogP contribution in [0.25, 0.3) is 0 Å². The molecule has 2 N–H and O–H groups in total. The summed E-state index contributed by atoms with van der Waals surface area (Å²) in [7, 11) is 0. The minimum Gasteiger partial charge on any atom is -0.352 e. The zero-order valence-corrected chi connectivity index (χ0v) is 11.6. The summed E-state index contributed by atoms with van der Waals surface area (Å²) in [6.45, 7) is 3.28. The summed E-state index contributed by atoms with van der Waals surface area (Å²) in [6, 6.07) is 0.411. The Morgan fingerprint density at radius 2 is 1.89 bits per heavy atom. The van der Waals surface area contributed by atoms with Crippen molar-refractivity contribution in [1.82, 2.24) is 0 Å². The van der Waals surface area contributed by atoms with Crippen molar-refractivity contribution in [2.24, 2.45) is 17.1 Å². The number of hydrogen-bond acceptors (Lipinski definition) is 3. The molecule has 0 aromatic rings. The van der Waals surface area contributed by atoms with Crippen LogP contribution in [0.5, 0.6) is 0 Å². The van der Waals surface area contributed by atoms with E-state index in [1.165, 1.54) is 44.9 Å². The van der Waals surface area contributed by atoms with Crippen molar-refractivity contribution in [3.05, 3.63) is 0 Å². The van der Waals surface area contributed by atoms with Gasteiger partial charge in [-0.15, -0.1) is 0 Å². The Balaban J connectivity index is 1.62. The van der Waals surface area contributed by atoms with Crippen LogP contribution in [0.1, 0.15) is 58.3 Å². The average Bonchev–Trinajstić information content (AvgIpc) is 3.11. The van der Waals surface area contributed by atoms with E-state index < -0.39 is 0 Å². The van der Waals surface area contributed by atoms with E-state index >= 15 is 0 Å². The highest BCUT2D eigenvalue weighted by atomic mass is 16.7. The molecule has 5 unspecified atom stereocenters. The smallest absolute Gasteiger partial charge is 0.163 e. The molecule has 1 heterocycles. The number of fused-ring (bicyclic) bond motifs is 1. The standard InChI is InChI=1S/C15H27NO2/c1-15(14-17-10-11-9-13(11)18-14)7-3-2-5-12(16)6-4-8-15/h11-14H,2-10,16H2,1H3. The molecule has 3 nitrogen and oxygen atoms in total. The summed E-state index contributed by atoms with van der Waals surface area (Å²) in [5, 5.41) is 0. The maximum absolute atomic E-state index is 6.11. The third kappa shape index (κ3) is 2.73. The maximum Gasteiger partial charge on any atom is 0.163 e. The van der Waals surface area contributed by atoms with Crippen LogP contribution < -0.4 is 5.73 Å². The molecule has 1 aliphatic heterocycles. The molecular weight excluding hydrogens is 226 g/mol. The summed E-state index contributed by atoms with van der Waals surface area (Å²) in [5.41, 5.74) is 6.31. The second-order valence-electron chi connectivity index (χ2n) is 6.89. The van der Waals surface area contributed by atoms with Crippen molar-refractivity contribution >= 4 is 0 Å². The highest BCUT2D eigenvalue weighted by Crippen LogP contribution is 2.46. The molecule has 0 aromatic carbocycles. The van der Waals surface area contributed by atoms with Crippen LogP contribution in [0.3, 0.4) is 0 Å². The first-order chi connectivity index (χ1) is 8.67. The Morgan fingerprint density at radius 3 is 2.72 bits per heavy atom. The normalized spacial score (nSPS) is 49.7. The van der Waals surface area contributed by atoms with Crippen molar-refractivity contribution < 1.29 is 9.47 Å². The number of hydrogen-bond donors (Lipinski definition) is 1. The van der Waals surface area contributed by atoms with Gasteiger partial charge in [-0.3, -0.25) is 0 Å². The molecule has 0 aromatic heterocycles. The van der Waals surface area contributed by atoms with Gasteiger partial charge < -0.3 is 15.2 Å². The molecule has 3 fully saturated rings. The van der Waals surface area contributed by atoms with Crippen molar-refractivity contribution in [3.63, 3.8) is 0 Å². The van der Waals surface area contributed by atoms with E-state index in [4.69, 9.17) is 15.2 Å². The van der Waals surface area contributed by atoms with Gasteiger partial charge in [-0.25, -0.2) is 0 Å². The van der Waals surface area contributed by atoms with Gasteiger partial charge in [0, 0.05) is 17.4 Å². The van der Waals surface area contributed by atoms with Gasteiger partial charge in [-0.1, -0.05) is 26.2 Å². The molecule has 0 spiro atoms. The van der Waals surface area contributed by atoms with Gasteiger partial charge in [0.2, 0.25) is 0 Å². The van der Waals surface area contributed by atoms with Crippen LogP contribution >= 0.6 is 0 Å². The first kappa shape index (κ1) is 12.9. The summed E-state index contributed by atoms with van der Waals surface area (Å²) in [6.07, 6.45) is 10.3. The van der Waals surface area contributed by atoms with E-state index in [-0.39, 0.29) is 11.7 Å². The van der Waals surface area contributed by atoms with Crippen LogP contribution in [0.15, 0.2) is 0 Å². The Bertz CT molecular complexity index is 296. The van der Waals surface area contributed by atoms with E-state index in [0.29, 0.717) is 18.1 Å². The highest BCUT2D eigenvalue weighted by molar-refractivity contribution is 4.93. The predicted octanol–water partition coefficient (Wildman–Crippen LogP) is 2.83. The Labute approximate surface area is 110 Å². The maximum atomic E-state index is 6.11. The fourth-order valence-electron chi connectivity index (χ4n) is 3.54. The molecule has 0 bridgehead atoms. The van der Waals surface area contributed by atoms with E-state index in [9.17, 15) is 0 Å². The van der Waals surface area contributed by atoms with Gasteiger partial charge in [0.05, 0.1) is 12.7 Å². The van der Waals surface area contributed by atoms with Gasteiger partial charge in [0.15, 0.2) is 6.29 Å². The monoisotopic (exact) mass is 253 g/mol. The van der Waals surface area contributed by atoms with Gasteiger partial charge in [-0.05, 0) is 32.1 Å².